The van der Waals surface area contributed by atoms with Crippen molar-refractivity contribution in [2.45, 2.75) is 13.0 Å². The number of carbonyl (C=O) groups is 1. The Labute approximate surface area is 199 Å². The molecule has 1 aliphatic heterocycles. The number of carbonyl (C=O) groups excluding carboxylic acids is 1. The molecule has 4 aromatic rings. The summed E-state index contributed by atoms with van der Waals surface area (Å²) in [7, 11) is 1.49. The highest BCUT2D eigenvalue weighted by molar-refractivity contribution is 6.32. The monoisotopic (exact) mass is 479 g/mol. The standard InChI is InChI=1S/C26H19ClFNO5/c1-3-33-17-8-4-14(5-9-17)23-22-24(30)18-12-15(28)6-10-20(18)34-25(22)26(31)29(23)16-7-11-21(32-2)19(27)13-16/h4-13,23H,3H2,1-2H3. The van der Waals surface area contributed by atoms with E-state index in [0.29, 0.717) is 34.4 Å². The van der Waals surface area contributed by atoms with Crippen molar-refractivity contribution in [3.05, 3.63) is 98.6 Å². The molecule has 0 aliphatic carbocycles. The summed E-state index contributed by atoms with van der Waals surface area (Å²) in [6, 6.07) is 14.9. The van der Waals surface area contributed by atoms with Crippen LogP contribution in [0.1, 0.15) is 34.6 Å². The molecule has 1 unspecified atom stereocenters. The van der Waals surface area contributed by atoms with Crippen molar-refractivity contribution in [1.82, 2.24) is 0 Å². The Morgan fingerprint density at radius 3 is 2.50 bits per heavy atom. The highest BCUT2D eigenvalue weighted by atomic mass is 35.5. The van der Waals surface area contributed by atoms with Crippen molar-refractivity contribution in [2.75, 3.05) is 18.6 Å². The fourth-order valence-corrected chi connectivity index (χ4v) is 4.50. The van der Waals surface area contributed by atoms with Crippen molar-refractivity contribution < 1.29 is 23.1 Å². The Hall–Kier alpha value is -3.84. The lowest BCUT2D eigenvalue weighted by atomic mass is 9.98. The SMILES string of the molecule is CCOc1ccc(C2c3c(oc4ccc(F)cc4c3=O)C(=O)N2c2ccc(OC)c(Cl)c2)cc1. The Balaban J connectivity index is 1.75. The van der Waals surface area contributed by atoms with Gasteiger partial charge in [-0.3, -0.25) is 14.5 Å². The van der Waals surface area contributed by atoms with Crippen molar-refractivity contribution in [3.63, 3.8) is 0 Å². The minimum atomic E-state index is -0.813. The van der Waals surface area contributed by atoms with Gasteiger partial charge in [0, 0.05) is 5.69 Å². The van der Waals surface area contributed by atoms with Crippen LogP contribution < -0.4 is 19.8 Å². The molecule has 0 saturated heterocycles. The maximum absolute atomic E-state index is 13.9. The van der Waals surface area contributed by atoms with E-state index >= 15 is 0 Å². The van der Waals surface area contributed by atoms with E-state index in [1.165, 1.54) is 24.1 Å². The van der Waals surface area contributed by atoms with E-state index in [4.69, 9.17) is 25.5 Å². The lowest BCUT2D eigenvalue weighted by Crippen LogP contribution is -2.29. The zero-order chi connectivity index (χ0) is 24.0. The van der Waals surface area contributed by atoms with Crippen molar-refractivity contribution >= 4 is 34.2 Å². The maximum atomic E-state index is 13.9. The molecule has 6 nitrogen and oxygen atoms in total. The van der Waals surface area contributed by atoms with Crippen LogP contribution in [0.5, 0.6) is 11.5 Å². The van der Waals surface area contributed by atoms with Crippen LogP contribution in [0.15, 0.2) is 69.9 Å². The van der Waals surface area contributed by atoms with E-state index in [1.54, 1.807) is 42.5 Å². The van der Waals surface area contributed by atoms with Gasteiger partial charge in [-0.1, -0.05) is 23.7 Å². The summed E-state index contributed by atoms with van der Waals surface area (Å²) in [6.45, 7) is 2.38. The van der Waals surface area contributed by atoms with Gasteiger partial charge >= 0.3 is 0 Å². The van der Waals surface area contributed by atoms with Gasteiger partial charge in [0.2, 0.25) is 5.76 Å². The summed E-state index contributed by atoms with van der Waals surface area (Å²) < 4.78 is 30.6. The van der Waals surface area contributed by atoms with E-state index in [1.807, 2.05) is 6.92 Å². The van der Waals surface area contributed by atoms with Gasteiger partial charge in [-0.15, -0.1) is 0 Å². The number of rotatable bonds is 5. The zero-order valence-corrected chi connectivity index (χ0v) is 19.1. The van der Waals surface area contributed by atoms with Crippen LogP contribution in [0.2, 0.25) is 5.02 Å². The average molecular weight is 480 g/mol. The van der Waals surface area contributed by atoms with Crippen molar-refractivity contribution in [2.24, 2.45) is 0 Å². The molecule has 5 rings (SSSR count). The number of methoxy groups -OCH3 is 1. The predicted molar refractivity (Wildman–Crippen MR) is 127 cm³/mol. The quantitative estimate of drug-likeness (QED) is 0.365. The van der Waals surface area contributed by atoms with Gasteiger partial charge < -0.3 is 13.9 Å². The van der Waals surface area contributed by atoms with Crippen LogP contribution in [0.4, 0.5) is 10.1 Å². The second-order valence-corrected chi connectivity index (χ2v) is 8.12. The number of hydrogen-bond donors (Lipinski definition) is 0. The molecule has 8 heteroatoms. The summed E-state index contributed by atoms with van der Waals surface area (Å²) in [4.78, 5) is 28.6. The highest BCUT2D eigenvalue weighted by Crippen LogP contribution is 2.43. The fourth-order valence-electron chi connectivity index (χ4n) is 4.24. The first kappa shape index (κ1) is 22.0. The van der Waals surface area contributed by atoms with Gasteiger partial charge in [-0.05, 0) is 61.0 Å². The van der Waals surface area contributed by atoms with Gasteiger partial charge in [0.05, 0.1) is 35.7 Å². The summed E-state index contributed by atoms with van der Waals surface area (Å²) >= 11 is 6.34. The van der Waals surface area contributed by atoms with Gasteiger partial charge in [0.25, 0.3) is 5.91 Å². The molecule has 0 spiro atoms. The first-order valence-corrected chi connectivity index (χ1v) is 11.0. The number of halogens is 2. The first-order chi connectivity index (χ1) is 16.4. The molecule has 1 aliphatic rings. The molecule has 34 heavy (non-hydrogen) atoms. The first-order valence-electron chi connectivity index (χ1n) is 10.6. The smallest absolute Gasteiger partial charge is 0.295 e. The summed E-state index contributed by atoms with van der Waals surface area (Å²) in [5.41, 5.74) is 0.920. The van der Waals surface area contributed by atoms with Gasteiger partial charge in [0.1, 0.15) is 22.9 Å². The van der Waals surface area contributed by atoms with Crippen molar-refractivity contribution in [3.8, 4) is 11.5 Å². The average Bonchev–Trinajstić information content (AvgIpc) is 3.13. The molecule has 1 atom stereocenters. The van der Waals surface area contributed by atoms with E-state index in [2.05, 4.69) is 0 Å². The third-order valence-corrected chi connectivity index (χ3v) is 6.05. The van der Waals surface area contributed by atoms with E-state index in [-0.39, 0.29) is 22.3 Å². The molecule has 172 valence electrons. The van der Waals surface area contributed by atoms with Gasteiger partial charge in [0.15, 0.2) is 5.43 Å². The molecule has 2 heterocycles. The molecule has 0 N–H and O–H groups in total. The van der Waals surface area contributed by atoms with E-state index in [0.717, 1.165) is 6.07 Å². The van der Waals surface area contributed by atoms with Crippen LogP contribution in [-0.2, 0) is 0 Å². The van der Waals surface area contributed by atoms with E-state index < -0.39 is 23.2 Å². The lowest BCUT2D eigenvalue weighted by molar-refractivity contribution is 0.0971. The second-order valence-electron chi connectivity index (χ2n) is 7.71. The summed E-state index contributed by atoms with van der Waals surface area (Å²) in [6.07, 6.45) is 0. The molecule has 0 saturated carbocycles. The lowest BCUT2D eigenvalue weighted by Gasteiger charge is -2.26. The summed E-state index contributed by atoms with van der Waals surface area (Å²) in [5, 5.41) is 0.373. The minimum Gasteiger partial charge on any atom is -0.495 e. The molecule has 1 amide bonds. The van der Waals surface area contributed by atoms with Crippen LogP contribution >= 0.6 is 11.6 Å². The molecule has 0 bridgehead atoms. The molecular formula is C26H19ClFNO5. The zero-order valence-electron chi connectivity index (χ0n) is 18.3. The molecule has 0 fully saturated rings. The van der Waals surface area contributed by atoms with Crippen LogP contribution in [-0.4, -0.2) is 19.6 Å². The molecular weight excluding hydrogens is 461 g/mol. The number of ether oxygens (including phenoxy) is 2. The van der Waals surface area contributed by atoms with Crippen LogP contribution in [0, 0.1) is 5.82 Å². The third kappa shape index (κ3) is 3.49. The molecule has 3 aromatic carbocycles. The molecule has 0 radical (unpaired) electrons. The number of amides is 1. The summed E-state index contributed by atoms with van der Waals surface area (Å²) in [5.74, 6) is -0.0566. The normalized spacial score (nSPS) is 15.0. The fraction of sp³-hybridized carbons (Fsp3) is 0.154. The van der Waals surface area contributed by atoms with Gasteiger partial charge in [-0.2, -0.15) is 0 Å². The van der Waals surface area contributed by atoms with Crippen LogP contribution in [0.3, 0.4) is 0 Å². The Bertz CT molecular complexity index is 1480. The third-order valence-electron chi connectivity index (χ3n) is 5.75. The van der Waals surface area contributed by atoms with E-state index in [9.17, 15) is 14.0 Å². The number of benzene rings is 3. The Morgan fingerprint density at radius 2 is 1.82 bits per heavy atom. The number of fused-ring (bicyclic) bond motifs is 2. The Kier molecular flexibility index (Phi) is 5.49. The van der Waals surface area contributed by atoms with Crippen LogP contribution in [0.25, 0.3) is 11.0 Å². The van der Waals surface area contributed by atoms with Crippen molar-refractivity contribution in [1.29, 1.82) is 0 Å². The number of nitrogens with zero attached hydrogens (tertiary/aromatic N) is 1. The topological polar surface area (TPSA) is 69.0 Å². The largest absolute Gasteiger partial charge is 0.495 e. The number of hydrogen-bond acceptors (Lipinski definition) is 5. The predicted octanol–water partition coefficient (Wildman–Crippen LogP) is 5.74. The van der Waals surface area contributed by atoms with Gasteiger partial charge in [-0.25, -0.2) is 4.39 Å². The molecule has 1 aromatic heterocycles. The number of anilines is 1. The highest BCUT2D eigenvalue weighted by Gasteiger charge is 2.43. The maximum Gasteiger partial charge on any atom is 0.295 e. The Morgan fingerprint density at radius 1 is 1.06 bits per heavy atom. The second kappa shape index (κ2) is 8.50. The minimum absolute atomic E-state index is 0.0668.